The molecule has 0 fully saturated rings. The summed E-state index contributed by atoms with van der Waals surface area (Å²) in [7, 11) is 0. The molecule has 7 heteroatoms. The van der Waals surface area contributed by atoms with Crippen LogP contribution in [0, 0.1) is 0 Å². The lowest BCUT2D eigenvalue weighted by Gasteiger charge is -2.08. The Hall–Kier alpha value is -2.67. The van der Waals surface area contributed by atoms with Crippen LogP contribution in [0.5, 0.6) is 0 Å². The number of rotatable bonds is 9. The fourth-order valence-electron chi connectivity index (χ4n) is 2.22. The molecule has 1 aromatic carbocycles. The Labute approximate surface area is 149 Å². The molecule has 0 aliphatic carbocycles. The molecule has 2 aromatic rings. The molecule has 2 amide bonds. The number of carboxylic acid groups (broad SMARTS) is 1. The molecule has 25 heavy (non-hydrogen) atoms. The number of aryl methyl sites for hydroxylation is 1. The molecule has 0 saturated carbocycles. The van der Waals surface area contributed by atoms with E-state index >= 15 is 0 Å². The number of amides is 2. The van der Waals surface area contributed by atoms with Gasteiger partial charge in [0.25, 0.3) is 5.91 Å². The van der Waals surface area contributed by atoms with Gasteiger partial charge >= 0.3 is 5.97 Å². The minimum atomic E-state index is -0.969. The summed E-state index contributed by atoms with van der Waals surface area (Å²) in [5.41, 5.74) is 0.925. The van der Waals surface area contributed by atoms with Crippen LogP contribution < -0.4 is 10.6 Å². The van der Waals surface area contributed by atoms with Gasteiger partial charge in [-0.05, 0) is 42.5 Å². The van der Waals surface area contributed by atoms with Crippen LogP contribution in [-0.4, -0.2) is 29.4 Å². The molecular weight excluding hydrogens is 340 g/mol. The highest BCUT2D eigenvalue weighted by atomic mass is 32.1. The van der Waals surface area contributed by atoms with E-state index in [0.717, 1.165) is 12.8 Å². The minimum Gasteiger partial charge on any atom is -0.481 e. The number of carbonyl (C=O) groups is 3. The van der Waals surface area contributed by atoms with Crippen molar-refractivity contribution in [3.63, 3.8) is 0 Å². The van der Waals surface area contributed by atoms with Gasteiger partial charge in [-0.15, -0.1) is 11.3 Å². The Morgan fingerprint density at radius 2 is 1.92 bits per heavy atom. The van der Waals surface area contributed by atoms with Crippen molar-refractivity contribution in [3.8, 4) is 0 Å². The maximum Gasteiger partial charge on any atom is 0.305 e. The highest BCUT2D eigenvalue weighted by Crippen LogP contribution is 2.14. The van der Waals surface area contributed by atoms with E-state index in [2.05, 4.69) is 16.7 Å². The summed E-state index contributed by atoms with van der Waals surface area (Å²) in [4.78, 5) is 35.7. The maximum atomic E-state index is 12.0. The second-order valence-corrected chi connectivity index (χ2v) is 6.49. The zero-order valence-electron chi connectivity index (χ0n) is 13.7. The molecular formula is C18H20N2O4S. The summed E-state index contributed by atoms with van der Waals surface area (Å²) in [5.74, 6) is -1.43. The van der Waals surface area contributed by atoms with Gasteiger partial charge in [0, 0.05) is 29.1 Å². The highest BCUT2D eigenvalue weighted by Gasteiger charge is 2.08. The summed E-state index contributed by atoms with van der Waals surface area (Å²) in [6.07, 6.45) is 1.91. The van der Waals surface area contributed by atoms with Crippen LogP contribution in [0.2, 0.25) is 0 Å². The van der Waals surface area contributed by atoms with E-state index in [-0.39, 0.29) is 24.8 Å². The number of carbonyl (C=O) groups excluding carboxylic acids is 2. The Morgan fingerprint density at radius 3 is 2.64 bits per heavy atom. The quantitative estimate of drug-likeness (QED) is 0.641. The zero-order valence-corrected chi connectivity index (χ0v) is 14.5. The van der Waals surface area contributed by atoms with E-state index in [4.69, 9.17) is 5.11 Å². The monoisotopic (exact) mass is 360 g/mol. The van der Waals surface area contributed by atoms with Gasteiger partial charge in [-0.1, -0.05) is 12.1 Å². The molecule has 0 bridgehead atoms. The van der Waals surface area contributed by atoms with Crippen LogP contribution in [0.3, 0.4) is 0 Å². The first kappa shape index (κ1) is 18.7. The first-order chi connectivity index (χ1) is 12.0. The van der Waals surface area contributed by atoms with Gasteiger partial charge in [-0.25, -0.2) is 0 Å². The minimum absolute atomic E-state index is 0.0630. The zero-order chi connectivity index (χ0) is 18.1. The third-order valence-electron chi connectivity index (χ3n) is 3.44. The summed E-state index contributed by atoms with van der Waals surface area (Å²) in [5, 5.41) is 15.9. The number of hydrogen-bond donors (Lipinski definition) is 3. The first-order valence-corrected chi connectivity index (χ1v) is 8.85. The van der Waals surface area contributed by atoms with E-state index in [1.165, 1.54) is 4.88 Å². The van der Waals surface area contributed by atoms with Crippen molar-refractivity contribution >= 4 is 34.8 Å². The number of carboxylic acids is 1. The summed E-state index contributed by atoms with van der Waals surface area (Å²) >= 11 is 1.68. The van der Waals surface area contributed by atoms with Crippen LogP contribution in [0.25, 0.3) is 0 Å². The standard InChI is InChI=1S/C18H20N2O4S/c21-16(8-2-6-15-7-3-11-25-15)20-14-5-1-4-13(12-14)18(24)19-10-9-17(22)23/h1,3-5,7,11-12H,2,6,8-10H2,(H,19,24)(H,20,21)(H,22,23). The van der Waals surface area contributed by atoms with Crippen molar-refractivity contribution in [2.75, 3.05) is 11.9 Å². The molecule has 0 unspecified atom stereocenters. The van der Waals surface area contributed by atoms with Gasteiger partial charge in [0.05, 0.1) is 6.42 Å². The fourth-order valence-corrected chi connectivity index (χ4v) is 2.98. The fraction of sp³-hybridized carbons (Fsp3) is 0.278. The molecule has 2 rings (SSSR count). The molecule has 0 aliphatic heterocycles. The molecule has 1 aromatic heterocycles. The van der Waals surface area contributed by atoms with Gasteiger partial charge in [-0.2, -0.15) is 0 Å². The van der Waals surface area contributed by atoms with Crippen LogP contribution in [0.1, 0.15) is 34.5 Å². The molecule has 3 N–H and O–H groups in total. The highest BCUT2D eigenvalue weighted by molar-refractivity contribution is 7.09. The summed E-state index contributed by atoms with van der Waals surface area (Å²) in [6.45, 7) is 0.0630. The third kappa shape index (κ3) is 6.76. The topological polar surface area (TPSA) is 95.5 Å². The summed E-state index contributed by atoms with van der Waals surface area (Å²) < 4.78 is 0. The molecule has 1 heterocycles. The van der Waals surface area contributed by atoms with Crippen LogP contribution >= 0.6 is 11.3 Å². The number of nitrogens with one attached hydrogen (secondary N) is 2. The molecule has 0 atom stereocenters. The smallest absolute Gasteiger partial charge is 0.305 e. The number of benzene rings is 1. The Bertz CT molecular complexity index is 728. The molecule has 132 valence electrons. The number of thiophene rings is 1. The van der Waals surface area contributed by atoms with Gasteiger partial charge < -0.3 is 15.7 Å². The average Bonchev–Trinajstić information content (AvgIpc) is 3.08. The van der Waals surface area contributed by atoms with E-state index in [0.29, 0.717) is 17.7 Å². The van der Waals surface area contributed by atoms with Crippen molar-refractivity contribution in [3.05, 3.63) is 52.2 Å². The van der Waals surface area contributed by atoms with Crippen molar-refractivity contribution in [1.29, 1.82) is 0 Å². The largest absolute Gasteiger partial charge is 0.481 e. The van der Waals surface area contributed by atoms with Crippen molar-refractivity contribution in [2.45, 2.75) is 25.7 Å². The van der Waals surface area contributed by atoms with Gasteiger partial charge in [-0.3, -0.25) is 14.4 Å². The molecule has 6 nitrogen and oxygen atoms in total. The predicted octanol–water partition coefficient (Wildman–Crippen LogP) is 2.91. The lowest BCUT2D eigenvalue weighted by molar-refractivity contribution is -0.136. The van der Waals surface area contributed by atoms with E-state index < -0.39 is 5.97 Å². The lowest BCUT2D eigenvalue weighted by Crippen LogP contribution is -2.26. The van der Waals surface area contributed by atoms with Crippen LogP contribution in [-0.2, 0) is 16.0 Å². The lowest BCUT2D eigenvalue weighted by atomic mass is 10.1. The Balaban J connectivity index is 1.80. The van der Waals surface area contributed by atoms with Gasteiger partial charge in [0.2, 0.25) is 5.91 Å². The normalized spacial score (nSPS) is 10.2. The number of hydrogen-bond acceptors (Lipinski definition) is 4. The first-order valence-electron chi connectivity index (χ1n) is 7.97. The Morgan fingerprint density at radius 1 is 1.08 bits per heavy atom. The van der Waals surface area contributed by atoms with E-state index in [1.54, 1.807) is 35.6 Å². The Kier molecular flexibility index (Phi) is 7.16. The predicted molar refractivity (Wildman–Crippen MR) is 96.9 cm³/mol. The average molecular weight is 360 g/mol. The number of aliphatic carboxylic acids is 1. The van der Waals surface area contributed by atoms with Gasteiger partial charge in [0.1, 0.15) is 0 Å². The molecule has 0 saturated heterocycles. The molecule has 0 aliphatic rings. The summed E-state index contributed by atoms with van der Waals surface area (Å²) in [6, 6.07) is 10.6. The van der Waals surface area contributed by atoms with E-state index in [9.17, 15) is 14.4 Å². The van der Waals surface area contributed by atoms with Crippen LogP contribution in [0.15, 0.2) is 41.8 Å². The maximum absolute atomic E-state index is 12.0. The van der Waals surface area contributed by atoms with E-state index in [1.807, 2.05) is 11.4 Å². The van der Waals surface area contributed by atoms with Crippen molar-refractivity contribution < 1.29 is 19.5 Å². The third-order valence-corrected chi connectivity index (χ3v) is 4.38. The van der Waals surface area contributed by atoms with Crippen molar-refractivity contribution in [1.82, 2.24) is 5.32 Å². The SMILES string of the molecule is O=C(O)CCNC(=O)c1cccc(NC(=O)CCCc2cccs2)c1. The second-order valence-electron chi connectivity index (χ2n) is 5.46. The van der Waals surface area contributed by atoms with Crippen molar-refractivity contribution in [2.24, 2.45) is 0 Å². The van der Waals surface area contributed by atoms with Crippen LogP contribution in [0.4, 0.5) is 5.69 Å². The molecule has 0 spiro atoms. The van der Waals surface area contributed by atoms with Gasteiger partial charge in [0.15, 0.2) is 0 Å². The number of anilines is 1. The second kappa shape index (κ2) is 9.58. The molecule has 0 radical (unpaired) electrons.